The predicted molar refractivity (Wildman–Crippen MR) is 133 cm³/mol. The Hall–Kier alpha value is -3.32. The summed E-state index contributed by atoms with van der Waals surface area (Å²) in [4.78, 5) is 17.7. The molecule has 0 saturated carbocycles. The van der Waals surface area contributed by atoms with Crippen LogP contribution in [0, 0.1) is 0 Å². The minimum atomic E-state index is -0.266. The van der Waals surface area contributed by atoms with Gasteiger partial charge in [0.2, 0.25) is 5.91 Å². The predicted octanol–water partition coefficient (Wildman–Crippen LogP) is 5.28. The van der Waals surface area contributed by atoms with Crippen molar-refractivity contribution in [1.82, 2.24) is 14.9 Å². The van der Waals surface area contributed by atoms with Crippen LogP contribution in [0.5, 0.6) is 11.5 Å². The zero-order chi connectivity index (χ0) is 23.4. The fraction of sp³-hybridized carbons (Fsp3) is 0.231. The zero-order valence-corrected chi connectivity index (χ0v) is 20.4. The van der Waals surface area contributed by atoms with Crippen molar-refractivity contribution in [3.05, 3.63) is 88.2 Å². The molecular weight excluding hydrogens is 482 g/mol. The molecule has 0 saturated heterocycles. The van der Waals surface area contributed by atoms with E-state index >= 15 is 0 Å². The molecule has 0 aliphatic carbocycles. The average molecular weight is 508 g/mol. The number of rotatable bonds is 8. The number of carbonyl (C=O) groups is 1. The van der Waals surface area contributed by atoms with Crippen LogP contribution in [0.3, 0.4) is 0 Å². The average Bonchev–Trinajstić information content (AvgIpc) is 3.17. The van der Waals surface area contributed by atoms with E-state index in [0.29, 0.717) is 18.0 Å². The molecule has 170 valence electrons. The van der Waals surface area contributed by atoms with Gasteiger partial charge in [-0.2, -0.15) is 0 Å². The molecule has 0 bridgehead atoms. The van der Waals surface area contributed by atoms with E-state index in [4.69, 9.17) is 14.5 Å². The lowest BCUT2D eigenvalue weighted by Gasteiger charge is -2.17. The van der Waals surface area contributed by atoms with Gasteiger partial charge in [-0.1, -0.05) is 46.3 Å². The second-order valence-electron chi connectivity index (χ2n) is 7.83. The summed E-state index contributed by atoms with van der Waals surface area (Å²) >= 11 is 3.55. The summed E-state index contributed by atoms with van der Waals surface area (Å²) in [7, 11) is 3.17. The van der Waals surface area contributed by atoms with Crippen molar-refractivity contribution >= 4 is 32.9 Å². The quantitative estimate of drug-likeness (QED) is 0.352. The fourth-order valence-electron chi connectivity index (χ4n) is 3.94. The first-order valence-corrected chi connectivity index (χ1v) is 11.5. The van der Waals surface area contributed by atoms with Crippen molar-refractivity contribution in [2.75, 3.05) is 14.2 Å². The van der Waals surface area contributed by atoms with Gasteiger partial charge >= 0.3 is 0 Å². The highest BCUT2D eigenvalue weighted by molar-refractivity contribution is 9.10. The van der Waals surface area contributed by atoms with Gasteiger partial charge in [0.25, 0.3) is 0 Å². The Bertz CT molecular complexity index is 1290. The third-order valence-corrected chi connectivity index (χ3v) is 5.98. The summed E-state index contributed by atoms with van der Waals surface area (Å²) in [5.74, 6) is 1.97. The number of halogens is 1. The van der Waals surface area contributed by atoms with Gasteiger partial charge < -0.3 is 19.4 Å². The highest BCUT2D eigenvalue weighted by Crippen LogP contribution is 2.28. The van der Waals surface area contributed by atoms with Crippen LogP contribution in [-0.4, -0.2) is 29.7 Å². The molecule has 7 heteroatoms. The third-order valence-electron chi connectivity index (χ3n) is 5.49. The van der Waals surface area contributed by atoms with E-state index in [0.717, 1.165) is 32.5 Å². The molecule has 33 heavy (non-hydrogen) atoms. The molecule has 4 aromatic rings. The van der Waals surface area contributed by atoms with Crippen LogP contribution < -0.4 is 14.8 Å². The van der Waals surface area contributed by atoms with Crippen LogP contribution in [0.2, 0.25) is 0 Å². The minimum Gasteiger partial charge on any atom is -0.493 e. The normalized spacial score (nSPS) is 11.9. The molecule has 4 rings (SSSR count). The maximum atomic E-state index is 12.9. The number of ether oxygens (including phenoxy) is 2. The zero-order valence-electron chi connectivity index (χ0n) is 18.8. The van der Waals surface area contributed by atoms with Crippen molar-refractivity contribution in [2.24, 2.45) is 0 Å². The van der Waals surface area contributed by atoms with Gasteiger partial charge in [-0.25, -0.2) is 4.98 Å². The number of fused-ring (bicyclic) bond motifs is 1. The van der Waals surface area contributed by atoms with Crippen LogP contribution in [-0.2, 0) is 17.8 Å². The highest BCUT2D eigenvalue weighted by atomic mass is 79.9. The van der Waals surface area contributed by atoms with Crippen LogP contribution in [0.25, 0.3) is 11.0 Å². The maximum Gasteiger partial charge on any atom is 0.224 e. The van der Waals surface area contributed by atoms with Crippen molar-refractivity contribution < 1.29 is 14.3 Å². The van der Waals surface area contributed by atoms with E-state index in [-0.39, 0.29) is 18.4 Å². The van der Waals surface area contributed by atoms with Gasteiger partial charge in [-0.15, -0.1) is 0 Å². The van der Waals surface area contributed by atoms with Crippen LogP contribution in [0.15, 0.2) is 71.2 Å². The number of hydrogen-bond acceptors (Lipinski definition) is 4. The van der Waals surface area contributed by atoms with E-state index in [9.17, 15) is 4.79 Å². The molecule has 6 nitrogen and oxygen atoms in total. The Morgan fingerprint density at radius 2 is 1.79 bits per heavy atom. The number of amides is 1. The molecule has 0 radical (unpaired) electrons. The molecule has 0 aliphatic rings. The van der Waals surface area contributed by atoms with Gasteiger partial charge in [-0.05, 0) is 54.4 Å². The van der Waals surface area contributed by atoms with Crippen LogP contribution in [0.4, 0.5) is 0 Å². The summed E-state index contributed by atoms with van der Waals surface area (Å²) in [5.41, 5.74) is 3.94. The third kappa shape index (κ3) is 5.20. The van der Waals surface area contributed by atoms with Crippen LogP contribution >= 0.6 is 15.9 Å². The van der Waals surface area contributed by atoms with Crippen molar-refractivity contribution in [3.8, 4) is 11.5 Å². The number of hydrogen-bond donors (Lipinski definition) is 1. The molecule has 1 heterocycles. The number of carbonyl (C=O) groups excluding carboxylic acids is 1. The standard InChI is InChI=1S/C26H26BrN3O3/c1-17(28-25(31)15-18-11-12-23(32-2)24(14-18)33-3)26-29-21-9-4-5-10-22(21)30(26)16-19-7-6-8-20(27)13-19/h4-14,17H,15-16H2,1-3H3,(H,28,31). The fourth-order valence-corrected chi connectivity index (χ4v) is 4.39. The van der Waals surface area contributed by atoms with Gasteiger partial charge in [-0.3, -0.25) is 4.79 Å². The lowest BCUT2D eigenvalue weighted by molar-refractivity contribution is -0.121. The number of para-hydroxylation sites is 2. The molecular formula is C26H26BrN3O3. The molecule has 1 atom stereocenters. The molecule has 1 N–H and O–H groups in total. The van der Waals surface area contributed by atoms with E-state index in [1.54, 1.807) is 14.2 Å². The Morgan fingerprint density at radius 3 is 2.55 bits per heavy atom. The number of nitrogens with zero attached hydrogens (tertiary/aromatic N) is 2. The summed E-state index contributed by atoms with van der Waals surface area (Å²) in [6, 6.07) is 21.5. The number of benzene rings is 3. The SMILES string of the molecule is COc1ccc(CC(=O)NC(C)c2nc3ccccc3n2Cc2cccc(Br)c2)cc1OC. The first-order chi connectivity index (χ1) is 16.0. The molecule has 3 aromatic carbocycles. The number of methoxy groups -OCH3 is 2. The lowest BCUT2D eigenvalue weighted by atomic mass is 10.1. The van der Waals surface area contributed by atoms with Gasteiger partial charge in [0.05, 0.1) is 37.7 Å². The maximum absolute atomic E-state index is 12.9. The summed E-state index contributed by atoms with van der Waals surface area (Å²) < 4.78 is 13.8. The minimum absolute atomic E-state index is 0.0872. The van der Waals surface area contributed by atoms with Gasteiger partial charge in [0, 0.05) is 11.0 Å². The molecule has 1 amide bonds. The first kappa shape index (κ1) is 22.9. The Labute approximate surface area is 201 Å². The molecule has 0 fully saturated rings. The highest BCUT2D eigenvalue weighted by Gasteiger charge is 2.19. The second kappa shape index (κ2) is 10.1. The smallest absolute Gasteiger partial charge is 0.224 e. The van der Waals surface area contributed by atoms with E-state index < -0.39 is 0 Å². The van der Waals surface area contributed by atoms with Crippen LogP contribution in [0.1, 0.15) is 29.9 Å². The summed E-state index contributed by atoms with van der Waals surface area (Å²) in [6.07, 6.45) is 0.233. The Kier molecular flexibility index (Phi) is 6.99. The summed E-state index contributed by atoms with van der Waals surface area (Å²) in [6.45, 7) is 2.62. The molecule has 1 unspecified atom stereocenters. The van der Waals surface area contributed by atoms with Crippen molar-refractivity contribution in [3.63, 3.8) is 0 Å². The first-order valence-electron chi connectivity index (χ1n) is 10.7. The van der Waals surface area contributed by atoms with E-state index in [2.05, 4.69) is 44.0 Å². The number of aromatic nitrogens is 2. The van der Waals surface area contributed by atoms with E-state index in [1.807, 2.05) is 55.5 Å². The van der Waals surface area contributed by atoms with Crippen molar-refractivity contribution in [2.45, 2.75) is 25.9 Å². The molecule has 0 aliphatic heterocycles. The van der Waals surface area contributed by atoms with E-state index in [1.165, 1.54) is 0 Å². The van der Waals surface area contributed by atoms with Crippen molar-refractivity contribution in [1.29, 1.82) is 0 Å². The topological polar surface area (TPSA) is 65.4 Å². The van der Waals surface area contributed by atoms with Gasteiger partial charge in [0.1, 0.15) is 5.82 Å². The number of nitrogens with one attached hydrogen (secondary N) is 1. The molecule has 0 spiro atoms. The number of imidazole rings is 1. The monoisotopic (exact) mass is 507 g/mol. The summed E-state index contributed by atoms with van der Waals surface area (Å²) in [5, 5.41) is 3.11. The Balaban J connectivity index is 1.56. The molecule has 1 aromatic heterocycles. The second-order valence-corrected chi connectivity index (χ2v) is 8.75. The van der Waals surface area contributed by atoms with Gasteiger partial charge in [0.15, 0.2) is 11.5 Å². The largest absolute Gasteiger partial charge is 0.493 e. The Morgan fingerprint density at radius 1 is 1.00 bits per heavy atom. The lowest BCUT2D eigenvalue weighted by Crippen LogP contribution is -2.30.